The zero-order valence-corrected chi connectivity index (χ0v) is 18.1. The van der Waals surface area contributed by atoms with E-state index in [0.29, 0.717) is 0 Å². The fourth-order valence-electron chi connectivity index (χ4n) is 3.76. The van der Waals surface area contributed by atoms with Gasteiger partial charge in [-0.3, -0.25) is 5.73 Å². The van der Waals surface area contributed by atoms with E-state index in [0.717, 1.165) is 25.1 Å². The van der Waals surface area contributed by atoms with Crippen LogP contribution in [0.3, 0.4) is 0 Å². The molecule has 28 heavy (non-hydrogen) atoms. The molecular formula is C23H41N3O2. The lowest BCUT2D eigenvalue weighted by molar-refractivity contribution is -0.808. The number of amidine groups is 1. The van der Waals surface area contributed by atoms with Gasteiger partial charge in [0.1, 0.15) is 18.9 Å². The summed E-state index contributed by atoms with van der Waals surface area (Å²) in [7, 11) is 0. The van der Waals surface area contributed by atoms with Gasteiger partial charge in [-0.2, -0.15) is 0 Å². The van der Waals surface area contributed by atoms with Crippen molar-refractivity contribution in [3.63, 3.8) is 0 Å². The summed E-state index contributed by atoms with van der Waals surface area (Å²) in [4.78, 5) is 15.5. The summed E-state index contributed by atoms with van der Waals surface area (Å²) in [5.74, 6) is -0.235. The predicted octanol–water partition coefficient (Wildman–Crippen LogP) is 4.39. The molecule has 2 N–H and O–H groups in total. The van der Waals surface area contributed by atoms with E-state index in [1.54, 1.807) is 12.4 Å². The van der Waals surface area contributed by atoms with E-state index in [1.165, 1.54) is 64.2 Å². The Morgan fingerprint density at radius 1 is 1.07 bits per heavy atom. The minimum atomic E-state index is -1.09. The number of rotatable bonds is 17. The Morgan fingerprint density at radius 2 is 1.64 bits per heavy atom. The number of unbranched alkanes of at least 4 members (excludes halogenated alkanes) is 10. The number of hydrogen-bond acceptors (Lipinski definition) is 4. The van der Waals surface area contributed by atoms with Crippen molar-refractivity contribution in [2.24, 2.45) is 10.7 Å². The Labute approximate surface area is 172 Å². The van der Waals surface area contributed by atoms with Gasteiger partial charge in [0.15, 0.2) is 0 Å². The molecule has 1 heterocycles. The summed E-state index contributed by atoms with van der Waals surface area (Å²) in [6.45, 7) is 3.91. The van der Waals surface area contributed by atoms with Crippen LogP contribution in [0.2, 0.25) is 0 Å². The van der Waals surface area contributed by atoms with Crippen LogP contribution < -0.4 is 10.8 Å². The van der Waals surface area contributed by atoms with Crippen molar-refractivity contribution < 1.29 is 14.4 Å². The lowest BCUT2D eigenvalue weighted by Gasteiger charge is -2.36. The van der Waals surface area contributed by atoms with Gasteiger partial charge in [-0.1, -0.05) is 70.4 Å². The molecule has 0 amide bonds. The molecule has 0 fully saturated rings. The third kappa shape index (κ3) is 9.16. The van der Waals surface area contributed by atoms with Gasteiger partial charge >= 0.3 is 0 Å². The summed E-state index contributed by atoms with van der Waals surface area (Å²) in [5.41, 5.74) is 6.07. The van der Waals surface area contributed by atoms with E-state index < -0.39 is 5.97 Å². The maximum absolute atomic E-state index is 11.1. The van der Waals surface area contributed by atoms with Gasteiger partial charge in [-0.25, -0.2) is 9.48 Å². The fourth-order valence-corrected chi connectivity index (χ4v) is 3.76. The number of quaternary nitrogens is 1. The van der Waals surface area contributed by atoms with E-state index in [2.05, 4.69) is 24.1 Å². The zero-order valence-electron chi connectivity index (χ0n) is 18.1. The minimum absolute atomic E-state index is 0.107. The summed E-state index contributed by atoms with van der Waals surface area (Å²) in [6, 6.07) is 0. The van der Waals surface area contributed by atoms with Gasteiger partial charge in [-0.05, 0) is 25.7 Å². The van der Waals surface area contributed by atoms with Crippen molar-refractivity contribution in [2.75, 3.05) is 6.54 Å². The number of hydrogen-bond donors (Lipinski definition) is 1. The maximum atomic E-state index is 11.1. The largest absolute Gasteiger partial charge is 0.544 e. The lowest BCUT2D eigenvalue weighted by atomic mass is 10.0. The maximum Gasteiger partial charge on any atom is 0.209 e. The van der Waals surface area contributed by atoms with Crippen LogP contribution in [0.1, 0.15) is 97.3 Å². The Balaban J connectivity index is 2.06. The predicted molar refractivity (Wildman–Crippen MR) is 115 cm³/mol. The second kappa shape index (κ2) is 14.5. The Bertz CT molecular complexity index is 526. The zero-order chi connectivity index (χ0) is 20.7. The summed E-state index contributed by atoms with van der Waals surface area (Å²) >= 11 is 0. The normalized spacial score (nSPS) is 20.0. The SMILES string of the molecule is CCC/C=C/CCCCCCCCCCCC1=NC=C[N+]1(CC(=O)[O-])C(C)N. The van der Waals surface area contributed by atoms with Gasteiger partial charge < -0.3 is 9.90 Å². The highest BCUT2D eigenvalue weighted by Gasteiger charge is 2.38. The molecule has 0 radical (unpaired) electrons. The number of carbonyl (C=O) groups excluding carboxylic acids is 1. The molecule has 0 bridgehead atoms. The molecule has 1 aliphatic rings. The average molecular weight is 392 g/mol. The van der Waals surface area contributed by atoms with Crippen LogP contribution in [0.15, 0.2) is 29.5 Å². The standard InChI is InChI=1S/C23H41N3O2/c1-3-4-5-6-7-8-9-10-11-12-13-14-15-16-17-22-25-18-19-26(22,21(2)24)20-23(27)28/h5-6,18-19,21H,3-4,7-17,20,24H2,1-2H3/b6-5+. The number of carbonyl (C=O) groups is 1. The molecule has 0 spiro atoms. The first-order valence-electron chi connectivity index (χ1n) is 11.3. The number of allylic oxidation sites excluding steroid dienone is 2. The molecule has 0 aromatic heterocycles. The van der Waals surface area contributed by atoms with Crippen molar-refractivity contribution in [3.05, 3.63) is 24.6 Å². The molecule has 0 saturated heterocycles. The highest BCUT2D eigenvalue weighted by atomic mass is 16.4. The van der Waals surface area contributed by atoms with Gasteiger partial charge in [-0.15, -0.1) is 0 Å². The molecule has 0 saturated carbocycles. The second-order valence-electron chi connectivity index (χ2n) is 8.03. The smallest absolute Gasteiger partial charge is 0.209 e. The quantitative estimate of drug-likeness (QED) is 0.227. The van der Waals surface area contributed by atoms with E-state index in [1.807, 2.05) is 6.92 Å². The Hall–Kier alpha value is -1.46. The molecule has 0 aromatic rings. The summed E-state index contributed by atoms with van der Waals surface area (Å²) in [6.07, 6.45) is 23.6. The monoisotopic (exact) mass is 391 g/mol. The molecule has 1 rings (SSSR count). The molecule has 2 unspecified atom stereocenters. The number of aliphatic imine (C=N–C) groups is 1. The molecule has 0 aromatic carbocycles. The molecule has 2 atom stereocenters. The summed E-state index contributed by atoms with van der Waals surface area (Å²) < 4.78 is 0.107. The number of carboxylic acids is 1. The van der Waals surface area contributed by atoms with Crippen LogP contribution in [0, 0.1) is 0 Å². The van der Waals surface area contributed by atoms with Crippen LogP contribution in [0.25, 0.3) is 0 Å². The fraction of sp³-hybridized carbons (Fsp3) is 0.739. The molecular weight excluding hydrogens is 350 g/mol. The number of aliphatic carboxylic acids is 1. The molecule has 5 heteroatoms. The third-order valence-electron chi connectivity index (χ3n) is 5.55. The molecule has 5 nitrogen and oxygen atoms in total. The molecule has 160 valence electrons. The molecule has 1 aliphatic heterocycles. The van der Waals surface area contributed by atoms with Crippen LogP contribution in [0.5, 0.6) is 0 Å². The van der Waals surface area contributed by atoms with Crippen molar-refractivity contribution in [1.82, 2.24) is 0 Å². The van der Waals surface area contributed by atoms with Crippen LogP contribution >= 0.6 is 0 Å². The van der Waals surface area contributed by atoms with Crippen molar-refractivity contribution in [1.29, 1.82) is 0 Å². The van der Waals surface area contributed by atoms with Crippen molar-refractivity contribution >= 4 is 11.8 Å². The van der Waals surface area contributed by atoms with Crippen LogP contribution in [-0.4, -0.2) is 29.0 Å². The summed E-state index contributed by atoms with van der Waals surface area (Å²) in [5, 5.41) is 11.1. The second-order valence-corrected chi connectivity index (χ2v) is 8.03. The number of nitrogens with two attached hydrogens (primary N) is 1. The Morgan fingerprint density at radius 3 is 2.21 bits per heavy atom. The van der Waals surface area contributed by atoms with E-state index in [9.17, 15) is 9.90 Å². The van der Waals surface area contributed by atoms with Crippen molar-refractivity contribution in [3.8, 4) is 0 Å². The van der Waals surface area contributed by atoms with Gasteiger partial charge in [0.05, 0.1) is 12.2 Å². The molecule has 0 aliphatic carbocycles. The topological polar surface area (TPSA) is 78.5 Å². The lowest BCUT2D eigenvalue weighted by Crippen LogP contribution is -2.60. The van der Waals surface area contributed by atoms with Gasteiger partial charge in [0.25, 0.3) is 0 Å². The number of carboxylic acid groups (broad SMARTS) is 1. The third-order valence-corrected chi connectivity index (χ3v) is 5.55. The van der Waals surface area contributed by atoms with E-state index >= 15 is 0 Å². The first-order chi connectivity index (χ1) is 13.5. The first kappa shape index (κ1) is 24.6. The van der Waals surface area contributed by atoms with Crippen LogP contribution in [0.4, 0.5) is 0 Å². The Kier molecular flexibility index (Phi) is 12.8. The van der Waals surface area contributed by atoms with E-state index in [4.69, 9.17) is 5.73 Å². The highest BCUT2D eigenvalue weighted by molar-refractivity contribution is 5.81. The van der Waals surface area contributed by atoms with E-state index in [-0.39, 0.29) is 17.2 Å². The van der Waals surface area contributed by atoms with Crippen molar-refractivity contribution in [2.45, 2.75) is 103 Å². The van der Waals surface area contributed by atoms with Gasteiger partial charge in [0, 0.05) is 13.3 Å². The first-order valence-corrected chi connectivity index (χ1v) is 11.3. The number of nitrogens with zero attached hydrogens (tertiary/aromatic N) is 2. The average Bonchev–Trinajstić information content (AvgIpc) is 3.05. The van der Waals surface area contributed by atoms with Gasteiger partial charge in [0.2, 0.25) is 5.84 Å². The minimum Gasteiger partial charge on any atom is -0.544 e. The van der Waals surface area contributed by atoms with Crippen LogP contribution in [-0.2, 0) is 4.79 Å². The highest BCUT2D eigenvalue weighted by Crippen LogP contribution is 2.23.